The van der Waals surface area contributed by atoms with Crippen LogP contribution in [0.3, 0.4) is 0 Å². The third kappa shape index (κ3) is 3.08. The van der Waals surface area contributed by atoms with E-state index < -0.39 is 0 Å². The Morgan fingerprint density at radius 3 is 3.08 bits per heavy atom. The van der Waals surface area contributed by atoms with Gasteiger partial charge in [-0.15, -0.1) is 6.42 Å². The number of hydrogen-bond donors (Lipinski definition) is 0. The smallest absolute Gasteiger partial charge is 0.0633 e. The monoisotopic (exact) mass is 234 g/mol. The summed E-state index contributed by atoms with van der Waals surface area (Å²) in [5.74, 6) is 2.86. The second-order valence-electron chi connectivity index (χ2n) is 2.64. The minimum Gasteiger partial charge on any atom is -0.119 e. The lowest BCUT2D eigenvalue weighted by Gasteiger charge is -2.08. The maximum absolute atomic E-state index is 5.39. The molecule has 13 heavy (non-hydrogen) atoms. The molecule has 0 heterocycles. The molecule has 0 aromatic heterocycles. The Balaban J connectivity index is 2.74. The van der Waals surface area contributed by atoms with Crippen LogP contribution in [0.1, 0.15) is 0 Å². The van der Waals surface area contributed by atoms with Gasteiger partial charge in [-0.1, -0.05) is 64.4 Å². The van der Waals surface area contributed by atoms with Crippen LogP contribution in [0.5, 0.6) is 0 Å². The van der Waals surface area contributed by atoms with Crippen molar-refractivity contribution in [3.8, 4) is 12.3 Å². The van der Waals surface area contributed by atoms with Crippen LogP contribution in [0, 0.1) is 18.3 Å². The van der Waals surface area contributed by atoms with Crippen LogP contribution in [0.15, 0.2) is 48.1 Å². The molecule has 0 nitrogen and oxygen atoms in total. The van der Waals surface area contributed by atoms with Crippen LogP contribution in [-0.4, -0.2) is 5.33 Å². The van der Waals surface area contributed by atoms with Gasteiger partial charge in [-0.25, -0.2) is 0 Å². The fourth-order valence-corrected chi connectivity index (χ4v) is 1.31. The highest BCUT2D eigenvalue weighted by Crippen LogP contribution is 2.17. The van der Waals surface area contributed by atoms with E-state index in [1.54, 1.807) is 0 Å². The van der Waals surface area contributed by atoms with Gasteiger partial charge in [-0.05, 0) is 5.57 Å². The molecule has 0 bridgehead atoms. The first-order valence-electron chi connectivity index (χ1n) is 4.12. The predicted octanol–water partition coefficient (Wildman–Crippen LogP) is 3.24. The molecule has 1 unspecified atom stereocenters. The highest BCUT2D eigenvalue weighted by atomic mass is 79.9. The average molecular weight is 235 g/mol. The summed E-state index contributed by atoms with van der Waals surface area (Å²) < 4.78 is 0. The second-order valence-corrected chi connectivity index (χ2v) is 3.28. The second kappa shape index (κ2) is 5.61. The van der Waals surface area contributed by atoms with Gasteiger partial charge in [0, 0.05) is 5.33 Å². The molecule has 0 saturated carbocycles. The quantitative estimate of drug-likeness (QED) is 0.509. The molecule has 66 valence electrons. The lowest BCUT2D eigenvalue weighted by Crippen LogP contribution is -1.97. The van der Waals surface area contributed by atoms with Gasteiger partial charge < -0.3 is 0 Å². The van der Waals surface area contributed by atoms with Crippen LogP contribution in [-0.2, 0) is 0 Å². The molecular weight excluding hydrogens is 224 g/mol. The van der Waals surface area contributed by atoms with E-state index in [0.717, 1.165) is 5.33 Å². The molecule has 0 N–H and O–H groups in total. The van der Waals surface area contributed by atoms with Crippen LogP contribution in [0.25, 0.3) is 0 Å². The molecule has 0 saturated heterocycles. The van der Waals surface area contributed by atoms with Gasteiger partial charge in [0.1, 0.15) is 0 Å². The van der Waals surface area contributed by atoms with Crippen LogP contribution >= 0.6 is 15.9 Å². The van der Waals surface area contributed by atoms with E-state index in [4.69, 9.17) is 6.42 Å². The molecule has 0 spiro atoms. The summed E-state index contributed by atoms with van der Waals surface area (Å²) in [5, 5.41) is 0.872. The van der Waals surface area contributed by atoms with E-state index in [-0.39, 0.29) is 5.92 Å². The van der Waals surface area contributed by atoms with Crippen molar-refractivity contribution in [2.75, 3.05) is 5.33 Å². The van der Waals surface area contributed by atoms with Gasteiger partial charge in [-0.3, -0.25) is 0 Å². The third-order valence-corrected chi connectivity index (χ3v) is 2.13. The zero-order valence-corrected chi connectivity index (χ0v) is 8.87. The first-order chi connectivity index (χ1) is 6.38. The Morgan fingerprint density at radius 2 is 2.38 bits per heavy atom. The Bertz CT molecular complexity index is 311. The fourth-order valence-electron chi connectivity index (χ4n) is 1.10. The van der Waals surface area contributed by atoms with Crippen molar-refractivity contribution in [2.45, 2.75) is 0 Å². The van der Waals surface area contributed by atoms with E-state index in [1.807, 2.05) is 42.5 Å². The first kappa shape index (κ1) is 10.1. The molecule has 0 aromatic rings. The minimum absolute atomic E-state index is 0.130. The maximum Gasteiger partial charge on any atom is 0.0633 e. The number of rotatable bonds is 2. The average Bonchev–Trinajstić information content (AvgIpc) is 2.19. The Morgan fingerprint density at radius 1 is 1.54 bits per heavy atom. The fraction of sp³-hybridized carbons (Fsp3) is 0.167. The Hall–Kier alpha value is -1.00. The van der Waals surface area contributed by atoms with Gasteiger partial charge >= 0.3 is 0 Å². The molecule has 1 aliphatic rings. The number of terminal acetylenes is 1. The lowest BCUT2D eigenvalue weighted by molar-refractivity contribution is 1.04. The Labute approximate surface area is 87.9 Å². The zero-order valence-electron chi connectivity index (χ0n) is 7.28. The van der Waals surface area contributed by atoms with Crippen LogP contribution in [0.2, 0.25) is 0 Å². The van der Waals surface area contributed by atoms with Crippen molar-refractivity contribution < 1.29 is 0 Å². The van der Waals surface area contributed by atoms with Crippen molar-refractivity contribution in [2.24, 2.45) is 5.92 Å². The molecule has 0 aliphatic heterocycles. The standard InChI is InChI=1S/C12H11Br/c1-2-11-7-3-4-8-12(11)9-5-6-10-13/h1,3-9,11H,10H2/b6-5-,12-9-. The van der Waals surface area contributed by atoms with Crippen molar-refractivity contribution in [3.05, 3.63) is 48.1 Å². The van der Waals surface area contributed by atoms with E-state index in [9.17, 15) is 0 Å². The Kier molecular flexibility index (Phi) is 4.35. The summed E-state index contributed by atoms with van der Waals surface area (Å²) in [4.78, 5) is 0. The van der Waals surface area contributed by atoms with Crippen molar-refractivity contribution >= 4 is 15.9 Å². The van der Waals surface area contributed by atoms with E-state index in [1.165, 1.54) is 5.57 Å². The molecule has 0 aromatic carbocycles. The summed E-state index contributed by atoms with van der Waals surface area (Å²) in [6.07, 6.45) is 19.5. The SMILES string of the molecule is C#CC1C=CC=C/C1=C/C=C\CBr. The summed E-state index contributed by atoms with van der Waals surface area (Å²) in [5.41, 5.74) is 1.17. The van der Waals surface area contributed by atoms with Gasteiger partial charge in [0.25, 0.3) is 0 Å². The van der Waals surface area contributed by atoms with Gasteiger partial charge in [0.15, 0.2) is 0 Å². The summed E-state index contributed by atoms with van der Waals surface area (Å²) in [6, 6.07) is 0. The molecular formula is C12H11Br. The van der Waals surface area contributed by atoms with Gasteiger partial charge in [-0.2, -0.15) is 0 Å². The van der Waals surface area contributed by atoms with Gasteiger partial charge in [0.2, 0.25) is 0 Å². The first-order valence-corrected chi connectivity index (χ1v) is 5.24. The largest absolute Gasteiger partial charge is 0.119 e. The molecule has 1 rings (SSSR count). The maximum atomic E-state index is 5.39. The summed E-state index contributed by atoms with van der Waals surface area (Å²) >= 11 is 3.32. The third-order valence-electron chi connectivity index (χ3n) is 1.76. The number of hydrogen-bond acceptors (Lipinski definition) is 0. The topological polar surface area (TPSA) is 0 Å². The van der Waals surface area contributed by atoms with E-state index in [2.05, 4.69) is 21.9 Å². The lowest BCUT2D eigenvalue weighted by atomic mass is 9.95. The number of allylic oxidation sites excluding steroid dienone is 8. The predicted molar refractivity (Wildman–Crippen MR) is 61.6 cm³/mol. The highest BCUT2D eigenvalue weighted by molar-refractivity contribution is 9.09. The molecule has 0 radical (unpaired) electrons. The molecule has 0 fully saturated rings. The zero-order chi connectivity index (χ0) is 9.52. The van der Waals surface area contributed by atoms with Crippen LogP contribution in [0.4, 0.5) is 0 Å². The van der Waals surface area contributed by atoms with Crippen molar-refractivity contribution in [1.82, 2.24) is 0 Å². The van der Waals surface area contributed by atoms with Gasteiger partial charge in [0.05, 0.1) is 5.92 Å². The normalized spacial score (nSPS) is 24.0. The number of alkyl halides is 1. The molecule has 1 heteroatoms. The number of halogens is 1. The van der Waals surface area contributed by atoms with Crippen LogP contribution < -0.4 is 0 Å². The molecule has 1 atom stereocenters. The highest BCUT2D eigenvalue weighted by Gasteiger charge is 2.05. The summed E-state index contributed by atoms with van der Waals surface area (Å²) in [7, 11) is 0. The van der Waals surface area contributed by atoms with E-state index >= 15 is 0 Å². The molecule has 1 aliphatic carbocycles. The molecule has 0 amide bonds. The minimum atomic E-state index is 0.130. The van der Waals surface area contributed by atoms with Crippen molar-refractivity contribution in [1.29, 1.82) is 0 Å². The van der Waals surface area contributed by atoms with Crippen molar-refractivity contribution in [3.63, 3.8) is 0 Å². The van der Waals surface area contributed by atoms with E-state index in [0.29, 0.717) is 0 Å². The summed E-state index contributed by atoms with van der Waals surface area (Å²) in [6.45, 7) is 0.